The summed E-state index contributed by atoms with van der Waals surface area (Å²) in [7, 11) is 0. The van der Waals surface area contributed by atoms with E-state index < -0.39 is 6.10 Å². The van der Waals surface area contributed by atoms with Crippen LogP contribution in [-0.2, 0) is 14.3 Å². The Morgan fingerprint density at radius 3 is 2.75 bits per heavy atom. The van der Waals surface area contributed by atoms with Gasteiger partial charge < -0.3 is 20.1 Å². The van der Waals surface area contributed by atoms with Crippen LogP contribution in [0, 0.1) is 17.8 Å². The molecule has 0 aromatic rings. The van der Waals surface area contributed by atoms with Crippen LogP contribution in [0.25, 0.3) is 0 Å². The summed E-state index contributed by atoms with van der Waals surface area (Å²) in [6.45, 7) is 2.95. The highest BCUT2D eigenvalue weighted by Gasteiger charge is 2.42. The number of aliphatic hydroxyl groups excluding tert-OH is 1. The molecule has 1 aliphatic heterocycles. The molecule has 0 spiro atoms. The molecule has 2 aliphatic carbocycles. The maximum atomic E-state index is 12.0. The van der Waals surface area contributed by atoms with Crippen LogP contribution in [0.2, 0.25) is 0 Å². The number of nitrogens with one attached hydrogen (secondary N) is 1. The van der Waals surface area contributed by atoms with Crippen molar-refractivity contribution in [1.29, 1.82) is 0 Å². The zero-order valence-corrected chi connectivity index (χ0v) is 14.6. The molecule has 3 aliphatic rings. The average molecular weight is 338 g/mol. The van der Waals surface area contributed by atoms with Gasteiger partial charge in [0.05, 0.1) is 6.10 Å². The molecular formula is C18H30N2O4. The quantitative estimate of drug-likeness (QED) is 0.755. The van der Waals surface area contributed by atoms with E-state index in [0.29, 0.717) is 19.0 Å². The molecule has 2 saturated carbocycles. The van der Waals surface area contributed by atoms with E-state index in [0.717, 1.165) is 24.7 Å². The first-order valence-electron chi connectivity index (χ1n) is 9.36. The van der Waals surface area contributed by atoms with Crippen LogP contribution < -0.4 is 5.32 Å². The Morgan fingerprint density at radius 1 is 1.25 bits per heavy atom. The maximum Gasteiger partial charge on any atom is 0.248 e. The van der Waals surface area contributed by atoms with E-state index in [1.807, 2.05) is 0 Å². The molecular weight excluding hydrogens is 308 g/mol. The first kappa shape index (κ1) is 17.7. The highest BCUT2D eigenvalue weighted by Crippen LogP contribution is 2.49. The van der Waals surface area contributed by atoms with Crippen molar-refractivity contribution in [2.24, 2.45) is 17.8 Å². The molecule has 3 fully saturated rings. The number of aliphatic hydroxyl groups is 1. The number of amides is 2. The number of carbonyl (C=O) groups excluding carboxylic acids is 2. The van der Waals surface area contributed by atoms with Gasteiger partial charge >= 0.3 is 0 Å². The number of hydrogen-bond acceptors (Lipinski definition) is 4. The van der Waals surface area contributed by atoms with Crippen molar-refractivity contribution in [3.63, 3.8) is 0 Å². The summed E-state index contributed by atoms with van der Waals surface area (Å²) in [5.41, 5.74) is 0. The lowest BCUT2D eigenvalue weighted by atomic mass is 9.84. The van der Waals surface area contributed by atoms with Crippen molar-refractivity contribution in [3.05, 3.63) is 0 Å². The molecule has 5 atom stereocenters. The number of β-amino-alcohol motifs (C(OH)–C–C–N with tert-alkyl or cyclic N) is 1. The third kappa shape index (κ3) is 4.28. The van der Waals surface area contributed by atoms with Crippen LogP contribution >= 0.6 is 0 Å². The van der Waals surface area contributed by atoms with E-state index in [4.69, 9.17) is 4.74 Å². The molecule has 136 valence electrons. The molecule has 1 saturated heterocycles. The van der Waals surface area contributed by atoms with Gasteiger partial charge in [-0.1, -0.05) is 6.42 Å². The summed E-state index contributed by atoms with van der Waals surface area (Å²) in [6, 6.07) is 0.185. The first-order valence-corrected chi connectivity index (χ1v) is 9.36. The smallest absolute Gasteiger partial charge is 0.248 e. The fourth-order valence-corrected chi connectivity index (χ4v) is 4.81. The molecule has 0 radical (unpaired) electrons. The Morgan fingerprint density at radius 2 is 2.08 bits per heavy atom. The number of piperidine rings is 1. The van der Waals surface area contributed by atoms with Gasteiger partial charge in [-0.3, -0.25) is 9.59 Å². The Balaban J connectivity index is 1.33. The van der Waals surface area contributed by atoms with Gasteiger partial charge in [-0.2, -0.15) is 0 Å². The van der Waals surface area contributed by atoms with E-state index in [-0.39, 0.29) is 31.1 Å². The van der Waals surface area contributed by atoms with E-state index >= 15 is 0 Å². The second-order valence-corrected chi connectivity index (χ2v) is 7.82. The molecule has 24 heavy (non-hydrogen) atoms. The SMILES string of the molecule is C[C@H](NC(=O)COCC(=O)N1CCC[C@@H](O)C1)[C@@H]1C[C@H]2CC[C@H]1C2. The molecule has 0 aromatic heterocycles. The molecule has 3 rings (SSSR count). The third-order valence-electron chi connectivity index (χ3n) is 6.03. The predicted octanol–water partition coefficient (Wildman–Crippen LogP) is 0.927. The van der Waals surface area contributed by atoms with Crippen LogP contribution in [0.15, 0.2) is 0 Å². The summed E-state index contributed by atoms with van der Waals surface area (Å²) >= 11 is 0. The minimum Gasteiger partial charge on any atom is -0.391 e. The minimum atomic E-state index is -0.436. The Kier molecular flexibility index (Phi) is 5.76. The Bertz CT molecular complexity index is 470. The fraction of sp³-hybridized carbons (Fsp3) is 0.889. The van der Waals surface area contributed by atoms with Gasteiger partial charge in [-0.05, 0) is 56.8 Å². The predicted molar refractivity (Wildman–Crippen MR) is 89.2 cm³/mol. The number of rotatable bonds is 6. The largest absolute Gasteiger partial charge is 0.391 e. The van der Waals surface area contributed by atoms with Crippen molar-refractivity contribution in [2.45, 2.75) is 57.6 Å². The van der Waals surface area contributed by atoms with Crippen molar-refractivity contribution < 1.29 is 19.4 Å². The van der Waals surface area contributed by atoms with Crippen LogP contribution in [0.5, 0.6) is 0 Å². The zero-order chi connectivity index (χ0) is 17.1. The van der Waals surface area contributed by atoms with Gasteiger partial charge in [0.2, 0.25) is 11.8 Å². The zero-order valence-electron chi connectivity index (χ0n) is 14.6. The molecule has 2 bridgehead atoms. The van der Waals surface area contributed by atoms with Crippen molar-refractivity contribution in [2.75, 3.05) is 26.3 Å². The lowest BCUT2D eigenvalue weighted by Gasteiger charge is -2.30. The summed E-state index contributed by atoms with van der Waals surface area (Å²) in [5, 5.41) is 12.6. The van der Waals surface area contributed by atoms with Crippen LogP contribution in [0.3, 0.4) is 0 Å². The minimum absolute atomic E-state index is 0.0761. The first-order chi connectivity index (χ1) is 11.5. The molecule has 2 amide bonds. The number of hydrogen-bond donors (Lipinski definition) is 2. The average Bonchev–Trinajstić information content (AvgIpc) is 3.17. The Hall–Kier alpha value is -1.14. The van der Waals surface area contributed by atoms with Crippen molar-refractivity contribution in [1.82, 2.24) is 10.2 Å². The summed E-state index contributed by atoms with van der Waals surface area (Å²) < 4.78 is 5.29. The Labute approximate surface area is 143 Å². The summed E-state index contributed by atoms with van der Waals surface area (Å²) in [6.07, 6.45) is 6.36. The van der Waals surface area contributed by atoms with Gasteiger partial charge in [-0.25, -0.2) is 0 Å². The molecule has 6 heteroatoms. The molecule has 1 heterocycles. The number of fused-ring (bicyclic) bond motifs is 2. The lowest BCUT2D eigenvalue weighted by molar-refractivity contribution is -0.141. The van der Waals surface area contributed by atoms with Gasteiger partial charge in [0.25, 0.3) is 0 Å². The molecule has 6 nitrogen and oxygen atoms in total. The standard InChI is InChI=1S/C18H30N2O4/c1-12(16-8-13-4-5-14(16)7-13)19-17(22)10-24-11-18(23)20-6-2-3-15(21)9-20/h12-16,21H,2-11H2,1H3,(H,19,22)/t12-,13-,14-,15+,16-/m0/s1. The molecule has 0 unspecified atom stereocenters. The number of carbonyl (C=O) groups is 2. The van der Waals surface area contributed by atoms with Crippen LogP contribution in [0.1, 0.15) is 45.4 Å². The molecule has 2 N–H and O–H groups in total. The van der Waals surface area contributed by atoms with E-state index in [1.54, 1.807) is 4.90 Å². The van der Waals surface area contributed by atoms with Gasteiger partial charge in [-0.15, -0.1) is 0 Å². The topological polar surface area (TPSA) is 78.9 Å². The number of nitrogens with zero attached hydrogens (tertiary/aromatic N) is 1. The van der Waals surface area contributed by atoms with Gasteiger partial charge in [0.1, 0.15) is 13.2 Å². The highest BCUT2D eigenvalue weighted by atomic mass is 16.5. The van der Waals surface area contributed by atoms with Gasteiger partial charge in [0, 0.05) is 19.1 Å². The fourth-order valence-electron chi connectivity index (χ4n) is 4.81. The monoisotopic (exact) mass is 338 g/mol. The highest BCUT2D eigenvalue weighted by molar-refractivity contribution is 5.79. The van der Waals surface area contributed by atoms with Gasteiger partial charge in [0.15, 0.2) is 0 Å². The third-order valence-corrected chi connectivity index (χ3v) is 6.03. The second-order valence-electron chi connectivity index (χ2n) is 7.82. The van der Waals surface area contributed by atoms with Crippen molar-refractivity contribution in [3.8, 4) is 0 Å². The maximum absolute atomic E-state index is 12.0. The normalized spacial score (nSPS) is 33.5. The second kappa shape index (κ2) is 7.83. The number of likely N-dealkylation sites (tertiary alicyclic amines) is 1. The van der Waals surface area contributed by atoms with Crippen LogP contribution in [0.4, 0.5) is 0 Å². The lowest BCUT2D eigenvalue weighted by Crippen LogP contribution is -2.45. The molecule has 0 aromatic carbocycles. The summed E-state index contributed by atoms with van der Waals surface area (Å²) in [5.74, 6) is 1.95. The van der Waals surface area contributed by atoms with E-state index in [2.05, 4.69) is 12.2 Å². The van der Waals surface area contributed by atoms with E-state index in [1.165, 1.54) is 25.7 Å². The van der Waals surface area contributed by atoms with Crippen LogP contribution in [-0.4, -0.2) is 60.3 Å². The number of ether oxygens (including phenoxy) is 1. The van der Waals surface area contributed by atoms with Crippen molar-refractivity contribution >= 4 is 11.8 Å². The van der Waals surface area contributed by atoms with E-state index in [9.17, 15) is 14.7 Å². The summed E-state index contributed by atoms with van der Waals surface area (Å²) in [4.78, 5) is 25.6.